The minimum absolute atomic E-state index is 0.208. The fourth-order valence-corrected chi connectivity index (χ4v) is 11.1. The highest BCUT2D eigenvalue weighted by Gasteiger charge is 2.62. The van der Waals surface area contributed by atoms with Crippen LogP contribution in [0.3, 0.4) is 0 Å². The molecule has 0 aliphatic heterocycles. The molecule has 13 rings (SSSR count). The van der Waals surface area contributed by atoms with Crippen molar-refractivity contribution < 1.29 is 4.74 Å². The Hall–Kier alpha value is -7.30. The number of benzene rings is 7. The largest absolute Gasteiger partial charge is 0.457 e. The molecule has 7 aromatic carbocycles. The molecule has 0 saturated carbocycles. The lowest BCUT2D eigenvalue weighted by Crippen LogP contribution is -2.26. The first-order valence-corrected chi connectivity index (χ1v) is 20.6. The maximum Gasteiger partial charge on any atom is 0.234 e. The minimum Gasteiger partial charge on any atom is -0.457 e. The van der Waals surface area contributed by atoms with E-state index in [1.165, 1.54) is 72.0 Å². The van der Waals surface area contributed by atoms with Crippen molar-refractivity contribution in [3.05, 3.63) is 215 Å². The Morgan fingerprint density at radius 1 is 0.576 bits per heavy atom. The van der Waals surface area contributed by atoms with E-state index in [1.54, 1.807) is 0 Å². The van der Waals surface area contributed by atoms with Crippen molar-refractivity contribution in [2.24, 2.45) is 5.92 Å². The third-order valence-electron chi connectivity index (χ3n) is 13.6. The van der Waals surface area contributed by atoms with Crippen LogP contribution in [0.1, 0.15) is 46.2 Å². The van der Waals surface area contributed by atoms with Gasteiger partial charge in [-0.3, -0.25) is 4.57 Å². The maximum atomic E-state index is 6.94. The third kappa shape index (κ3) is 4.28. The van der Waals surface area contributed by atoms with Crippen molar-refractivity contribution in [1.82, 2.24) is 14.5 Å². The van der Waals surface area contributed by atoms with Gasteiger partial charge in [-0.15, -0.1) is 0 Å². The summed E-state index contributed by atoms with van der Waals surface area (Å²) in [6, 6.07) is 55.1. The smallest absolute Gasteiger partial charge is 0.234 e. The van der Waals surface area contributed by atoms with Gasteiger partial charge in [-0.1, -0.05) is 134 Å². The number of allylic oxidation sites excluding steroid dienone is 4. The van der Waals surface area contributed by atoms with Gasteiger partial charge in [0, 0.05) is 40.2 Å². The Morgan fingerprint density at radius 3 is 2.19 bits per heavy atom. The molecule has 0 fully saturated rings. The van der Waals surface area contributed by atoms with Crippen LogP contribution in [0.4, 0.5) is 0 Å². The zero-order valence-electron chi connectivity index (χ0n) is 32.6. The van der Waals surface area contributed by atoms with Crippen LogP contribution in [0.15, 0.2) is 182 Å². The molecule has 4 heteroatoms. The first-order chi connectivity index (χ1) is 29.1. The lowest BCUT2D eigenvalue weighted by atomic mass is 9.69. The summed E-state index contributed by atoms with van der Waals surface area (Å²) in [5.41, 5.74) is 19.8. The van der Waals surface area contributed by atoms with Gasteiger partial charge in [0.05, 0.1) is 16.4 Å². The molecule has 59 heavy (non-hydrogen) atoms. The Balaban J connectivity index is 0.999. The van der Waals surface area contributed by atoms with Crippen LogP contribution in [0.2, 0.25) is 0 Å². The average molecular weight is 756 g/mol. The van der Waals surface area contributed by atoms with Gasteiger partial charge in [0.1, 0.15) is 11.5 Å². The normalized spacial score (nSPS) is 18.9. The first-order valence-electron chi connectivity index (χ1n) is 20.6. The van der Waals surface area contributed by atoms with Gasteiger partial charge >= 0.3 is 0 Å². The molecular formula is C55H37N3O. The van der Waals surface area contributed by atoms with Crippen molar-refractivity contribution in [1.29, 1.82) is 0 Å². The summed E-state index contributed by atoms with van der Waals surface area (Å²) < 4.78 is 9.14. The molecule has 3 atom stereocenters. The van der Waals surface area contributed by atoms with Gasteiger partial charge in [0.25, 0.3) is 0 Å². The topological polar surface area (TPSA) is 39.9 Å². The lowest BCUT2D eigenvalue weighted by Gasteiger charge is -2.32. The molecule has 4 aliphatic carbocycles. The van der Waals surface area contributed by atoms with Crippen LogP contribution in [-0.4, -0.2) is 14.5 Å². The van der Waals surface area contributed by atoms with Crippen LogP contribution in [0, 0.1) is 12.8 Å². The standard InChI is InChI=1S/C55H37N3O/c1-32-12-6-11-19-48(32)59-49-27-25-42-39-24-21-36(29-45(39)55-44-17-9-7-15-38(44)41-23-20-33(2)50(52(41)55)51(49)53(42)55)35-22-26-47-43(28-35)40-16-8-10-18-46(40)58(47)54-56-30-37(31-57-54)34-13-4-3-5-14-34/h3-31,33,50H,1-2H3. The predicted molar refractivity (Wildman–Crippen MR) is 238 cm³/mol. The van der Waals surface area contributed by atoms with Crippen molar-refractivity contribution in [2.45, 2.75) is 25.2 Å². The third-order valence-corrected chi connectivity index (χ3v) is 13.6. The molecule has 4 nitrogen and oxygen atoms in total. The van der Waals surface area contributed by atoms with E-state index in [0.29, 0.717) is 11.9 Å². The summed E-state index contributed by atoms with van der Waals surface area (Å²) in [6.07, 6.45) is 8.68. The Kier molecular flexibility index (Phi) is 6.59. The summed E-state index contributed by atoms with van der Waals surface area (Å²) in [4.78, 5) is 9.81. The molecule has 2 heterocycles. The van der Waals surface area contributed by atoms with Gasteiger partial charge in [-0.05, 0) is 116 Å². The highest BCUT2D eigenvalue weighted by molar-refractivity contribution is 6.10. The zero-order chi connectivity index (χ0) is 39.0. The number of aryl methyl sites for hydroxylation is 1. The van der Waals surface area contributed by atoms with E-state index in [1.807, 2.05) is 30.6 Å². The van der Waals surface area contributed by atoms with Crippen molar-refractivity contribution >= 4 is 27.4 Å². The number of nitrogens with zero attached hydrogens (tertiary/aromatic N) is 3. The molecule has 2 aromatic heterocycles. The van der Waals surface area contributed by atoms with E-state index in [2.05, 4.69) is 164 Å². The van der Waals surface area contributed by atoms with Crippen LogP contribution >= 0.6 is 0 Å². The molecule has 4 aliphatic rings. The molecule has 1 spiro atoms. The van der Waals surface area contributed by atoms with Gasteiger partial charge in [-0.25, -0.2) is 9.97 Å². The second kappa shape index (κ2) is 11.9. The van der Waals surface area contributed by atoms with Crippen molar-refractivity contribution in [3.8, 4) is 50.8 Å². The molecule has 0 N–H and O–H groups in total. The number of hydrogen-bond donors (Lipinski definition) is 0. The van der Waals surface area contributed by atoms with E-state index in [-0.39, 0.29) is 11.3 Å². The number of fused-ring (bicyclic) bond motifs is 8. The molecule has 9 aromatic rings. The molecule has 0 saturated heterocycles. The fraction of sp³-hybridized carbons (Fsp3) is 0.0909. The molecule has 278 valence electrons. The monoisotopic (exact) mass is 755 g/mol. The van der Waals surface area contributed by atoms with Gasteiger partial charge in [-0.2, -0.15) is 0 Å². The van der Waals surface area contributed by atoms with Crippen LogP contribution in [-0.2, 0) is 5.41 Å². The van der Waals surface area contributed by atoms with Crippen LogP contribution < -0.4 is 4.74 Å². The summed E-state index contributed by atoms with van der Waals surface area (Å²) in [6.45, 7) is 4.51. The highest BCUT2D eigenvalue weighted by Crippen LogP contribution is 2.73. The van der Waals surface area contributed by atoms with Crippen molar-refractivity contribution in [2.75, 3.05) is 0 Å². The maximum absolute atomic E-state index is 6.94. The second-order valence-electron chi connectivity index (χ2n) is 16.6. The second-order valence-corrected chi connectivity index (χ2v) is 16.6. The van der Waals surface area contributed by atoms with Gasteiger partial charge in [0.2, 0.25) is 5.95 Å². The zero-order valence-corrected chi connectivity index (χ0v) is 32.6. The van der Waals surface area contributed by atoms with Crippen LogP contribution in [0.25, 0.3) is 66.7 Å². The van der Waals surface area contributed by atoms with E-state index in [9.17, 15) is 0 Å². The number of para-hydroxylation sites is 2. The number of aromatic nitrogens is 3. The van der Waals surface area contributed by atoms with E-state index in [0.717, 1.165) is 39.2 Å². The summed E-state index contributed by atoms with van der Waals surface area (Å²) in [5.74, 6) is 3.07. The summed E-state index contributed by atoms with van der Waals surface area (Å²) in [7, 11) is 0. The number of hydrogen-bond acceptors (Lipinski definition) is 3. The van der Waals surface area contributed by atoms with Gasteiger partial charge in [0.15, 0.2) is 0 Å². The van der Waals surface area contributed by atoms with Crippen molar-refractivity contribution in [3.63, 3.8) is 0 Å². The summed E-state index contributed by atoms with van der Waals surface area (Å²) in [5, 5.41) is 2.36. The molecular weight excluding hydrogens is 719 g/mol. The Labute approximate surface area is 342 Å². The summed E-state index contributed by atoms with van der Waals surface area (Å²) >= 11 is 0. The quantitative estimate of drug-likeness (QED) is 0.176. The van der Waals surface area contributed by atoms with Crippen LogP contribution in [0.5, 0.6) is 11.5 Å². The average Bonchev–Trinajstić information content (AvgIpc) is 3.98. The highest BCUT2D eigenvalue weighted by atomic mass is 16.5. The fourth-order valence-electron chi connectivity index (χ4n) is 11.1. The first kappa shape index (κ1) is 32.8. The SMILES string of the molecule is Cc1ccccc1Oc1ccc2c3c1C1C4=C(C=CC1C)c1ccccc1C43c1cc(-c3ccc4c(c3)c3ccccc3n4-c3ncc(-c4ccccc4)cn3)ccc1-2. The number of rotatable bonds is 5. The Morgan fingerprint density at radius 2 is 1.31 bits per heavy atom. The molecule has 0 radical (unpaired) electrons. The molecule has 0 bridgehead atoms. The molecule has 3 unspecified atom stereocenters. The minimum atomic E-state index is -0.389. The predicted octanol–water partition coefficient (Wildman–Crippen LogP) is 13.4. The van der Waals surface area contributed by atoms with E-state index in [4.69, 9.17) is 14.7 Å². The number of ether oxygens (including phenoxy) is 1. The van der Waals surface area contributed by atoms with E-state index >= 15 is 0 Å². The Bertz CT molecular complexity index is 3330. The molecule has 0 amide bonds. The van der Waals surface area contributed by atoms with Gasteiger partial charge < -0.3 is 4.74 Å². The lowest BCUT2D eigenvalue weighted by molar-refractivity contribution is 0.464. The van der Waals surface area contributed by atoms with E-state index < -0.39 is 0 Å².